The predicted octanol–water partition coefficient (Wildman–Crippen LogP) is 6.62. The molecule has 2 fully saturated rings. The van der Waals surface area contributed by atoms with Crippen LogP contribution in [0.4, 0.5) is 25.0 Å². The van der Waals surface area contributed by atoms with Crippen LogP contribution in [0.5, 0.6) is 0 Å². The van der Waals surface area contributed by atoms with Crippen LogP contribution >= 0.6 is 35.6 Å². The summed E-state index contributed by atoms with van der Waals surface area (Å²) in [5, 5.41) is 3.61. The number of ether oxygens (including phenoxy) is 1. The van der Waals surface area contributed by atoms with Crippen molar-refractivity contribution >= 4 is 53.1 Å². The van der Waals surface area contributed by atoms with Gasteiger partial charge in [0.2, 0.25) is 0 Å². The largest absolute Gasteiger partial charge is 0.444 e. The first-order valence-electron chi connectivity index (χ1n) is 12.5. The van der Waals surface area contributed by atoms with E-state index in [4.69, 9.17) is 27.9 Å². The van der Waals surface area contributed by atoms with Gasteiger partial charge in [0.15, 0.2) is 0 Å². The number of rotatable bonds is 2. The number of nitrogens with zero attached hydrogens (tertiary/aromatic N) is 3. The van der Waals surface area contributed by atoms with Gasteiger partial charge in [0.25, 0.3) is 0 Å². The van der Waals surface area contributed by atoms with Gasteiger partial charge in [-0.15, -0.1) is 12.4 Å². The second-order valence-corrected chi connectivity index (χ2v) is 11.2. The number of anilines is 2. The Morgan fingerprint density at radius 3 is 1.89 bits per heavy atom. The van der Waals surface area contributed by atoms with E-state index in [-0.39, 0.29) is 40.4 Å². The zero-order chi connectivity index (χ0) is 27.3. The molecule has 2 heterocycles. The number of halogens is 5. The summed E-state index contributed by atoms with van der Waals surface area (Å²) in [7, 11) is 0. The summed E-state index contributed by atoms with van der Waals surface area (Å²) < 4.78 is 31.7. The molecule has 2 saturated heterocycles. The van der Waals surface area contributed by atoms with Gasteiger partial charge < -0.3 is 24.8 Å². The molecule has 2 atom stereocenters. The van der Waals surface area contributed by atoms with Gasteiger partial charge in [0.1, 0.15) is 17.2 Å². The Morgan fingerprint density at radius 2 is 1.45 bits per heavy atom. The molecule has 0 aliphatic carbocycles. The van der Waals surface area contributed by atoms with Crippen LogP contribution in [0.3, 0.4) is 0 Å². The number of carbonyl (C=O) groups excluding carboxylic acids is 1. The lowest BCUT2D eigenvalue weighted by Crippen LogP contribution is -2.54. The molecule has 0 radical (unpaired) electrons. The molecule has 0 unspecified atom stereocenters. The highest BCUT2D eigenvalue weighted by atomic mass is 35.5. The zero-order valence-electron chi connectivity index (χ0n) is 22.4. The van der Waals surface area contributed by atoms with Crippen molar-refractivity contribution in [2.24, 2.45) is 0 Å². The zero-order valence-corrected chi connectivity index (χ0v) is 24.8. The van der Waals surface area contributed by atoms with E-state index in [1.165, 1.54) is 12.1 Å². The molecule has 2 aromatic rings. The first kappa shape index (κ1) is 32.2. The van der Waals surface area contributed by atoms with Gasteiger partial charge >= 0.3 is 6.09 Å². The van der Waals surface area contributed by atoms with Crippen LogP contribution in [-0.2, 0) is 4.74 Å². The van der Waals surface area contributed by atoms with Crippen LogP contribution < -0.4 is 15.1 Å². The van der Waals surface area contributed by atoms with Crippen LogP contribution in [0.2, 0.25) is 10.0 Å². The molecule has 0 saturated carbocycles. The number of amides is 1. The van der Waals surface area contributed by atoms with Gasteiger partial charge in [-0.05, 0) is 71.0 Å². The smallest absolute Gasteiger partial charge is 0.410 e. The molecule has 6 nitrogen and oxygen atoms in total. The fourth-order valence-corrected chi connectivity index (χ4v) is 4.74. The monoisotopic (exact) mass is 592 g/mol. The molecule has 4 rings (SSSR count). The van der Waals surface area contributed by atoms with Crippen molar-refractivity contribution in [3.05, 3.63) is 58.1 Å². The number of hydrogen-bond acceptors (Lipinski definition) is 5. The molecule has 2 aliphatic heterocycles. The summed E-state index contributed by atoms with van der Waals surface area (Å²) in [6, 6.07) is 10.1. The van der Waals surface area contributed by atoms with Gasteiger partial charge in [-0.3, -0.25) is 0 Å². The summed E-state index contributed by atoms with van der Waals surface area (Å²) in [5.74, 6) is -0.784. The van der Waals surface area contributed by atoms with Crippen molar-refractivity contribution < 1.29 is 18.3 Å². The highest BCUT2D eigenvalue weighted by molar-refractivity contribution is 6.31. The maximum Gasteiger partial charge on any atom is 0.410 e. The standard InChI is InChI=1S/C16H22ClFN2O2.C11H14ClFN2.ClH/c1-11-10-19(15(21)22-16(2,3)4)7-8-20(11)12-5-6-14(18)13(17)9-12;1-8-7-14-4-5-15(8)9-2-3-11(13)10(12)6-9;/h5-6,9,11H,7-8,10H2,1-4H3;2-3,6,8,14H,4-5,7H2,1H3;1H/t11-;8-;/m00./s1. The minimum absolute atomic E-state index is 0. The SMILES string of the molecule is C[C@H]1CN(C(=O)OC(C)(C)C)CCN1c1ccc(F)c(Cl)c1.C[C@H]1CNCCN1c1ccc(F)c(Cl)c1.Cl. The van der Waals surface area contributed by atoms with Crippen LogP contribution in [-0.4, -0.2) is 67.9 Å². The second-order valence-electron chi connectivity index (χ2n) is 10.4. The number of carbonyl (C=O) groups is 1. The van der Waals surface area contributed by atoms with Crippen molar-refractivity contribution in [2.75, 3.05) is 49.1 Å². The van der Waals surface area contributed by atoms with E-state index in [1.807, 2.05) is 27.7 Å². The van der Waals surface area contributed by atoms with E-state index in [2.05, 4.69) is 22.0 Å². The van der Waals surface area contributed by atoms with Crippen molar-refractivity contribution in [3.8, 4) is 0 Å². The molecular weight excluding hydrogens is 557 g/mol. The molecular formula is C27H37Cl3F2N4O2. The van der Waals surface area contributed by atoms with E-state index in [9.17, 15) is 13.6 Å². The fraction of sp³-hybridized carbons (Fsp3) is 0.519. The fourth-order valence-electron chi connectivity index (χ4n) is 4.39. The minimum atomic E-state index is -0.498. The maximum absolute atomic E-state index is 13.3. The Bertz CT molecular complexity index is 1090. The maximum atomic E-state index is 13.3. The molecule has 2 aliphatic rings. The first-order valence-corrected chi connectivity index (χ1v) is 13.2. The Balaban J connectivity index is 0.000000277. The highest BCUT2D eigenvalue weighted by Gasteiger charge is 2.30. The number of hydrogen-bond donors (Lipinski definition) is 1. The van der Waals surface area contributed by atoms with Crippen molar-refractivity contribution in [3.63, 3.8) is 0 Å². The third-order valence-electron chi connectivity index (χ3n) is 6.25. The van der Waals surface area contributed by atoms with Gasteiger partial charge in [0.05, 0.1) is 10.0 Å². The normalized spacial score (nSPS) is 19.8. The average molecular weight is 594 g/mol. The predicted molar refractivity (Wildman–Crippen MR) is 154 cm³/mol. The third-order valence-corrected chi connectivity index (χ3v) is 6.83. The van der Waals surface area contributed by atoms with Gasteiger partial charge in [-0.25, -0.2) is 13.6 Å². The lowest BCUT2D eigenvalue weighted by molar-refractivity contribution is 0.0219. The molecule has 2 aromatic carbocycles. The van der Waals surface area contributed by atoms with Gasteiger partial charge in [-0.2, -0.15) is 0 Å². The Morgan fingerprint density at radius 1 is 0.921 bits per heavy atom. The summed E-state index contributed by atoms with van der Waals surface area (Å²) in [4.78, 5) is 18.2. The molecule has 1 amide bonds. The molecule has 1 N–H and O–H groups in total. The van der Waals surface area contributed by atoms with Gasteiger partial charge in [-0.1, -0.05) is 23.2 Å². The minimum Gasteiger partial charge on any atom is -0.444 e. The topological polar surface area (TPSA) is 48.1 Å². The van der Waals surface area contributed by atoms with Crippen LogP contribution in [0.1, 0.15) is 34.6 Å². The summed E-state index contributed by atoms with van der Waals surface area (Å²) in [6.07, 6.45) is -0.295. The van der Waals surface area contributed by atoms with Crippen LogP contribution in [0.15, 0.2) is 36.4 Å². The van der Waals surface area contributed by atoms with Crippen LogP contribution in [0.25, 0.3) is 0 Å². The molecule has 0 aromatic heterocycles. The average Bonchev–Trinajstić information content (AvgIpc) is 2.82. The quantitative estimate of drug-likeness (QED) is 0.424. The molecule has 0 bridgehead atoms. The molecule has 212 valence electrons. The van der Waals surface area contributed by atoms with Crippen LogP contribution in [0, 0.1) is 11.6 Å². The van der Waals surface area contributed by atoms with Crippen molar-refractivity contribution in [1.29, 1.82) is 0 Å². The number of benzene rings is 2. The van der Waals surface area contributed by atoms with E-state index >= 15 is 0 Å². The van der Waals surface area contributed by atoms with E-state index in [0.29, 0.717) is 25.7 Å². The number of piperazine rings is 2. The Kier molecular flexibility index (Phi) is 11.8. The second kappa shape index (κ2) is 13.9. The third kappa shape index (κ3) is 8.76. The molecule has 0 spiro atoms. The molecule has 11 heteroatoms. The van der Waals surface area contributed by atoms with Gasteiger partial charge in [0, 0.05) is 62.7 Å². The van der Waals surface area contributed by atoms with E-state index in [1.54, 1.807) is 29.2 Å². The van der Waals surface area contributed by atoms with E-state index < -0.39 is 11.4 Å². The molecule has 38 heavy (non-hydrogen) atoms. The lowest BCUT2D eigenvalue weighted by atomic mass is 10.1. The summed E-state index contributed by atoms with van der Waals surface area (Å²) in [6.45, 7) is 14.3. The highest BCUT2D eigenvalue weighted by Crippen LogP contribution is 2.27. The van der Waals surface area contributed by atoms with Crippen molar-refractivity contribution in [2.45, 2.75) is 52.3 Å². The lowest BCUT2D eigenvalue weighted by Gasteiger charge is -2.41. The Hall–Kier alpha value is -2.00. The summed E-state index contributed by atoms with van der Waals surface area (Å²) >= 11 is 11.6. The Labute approximate surface area is 240 Å². The summed E-state index contributed by atoms with van der Waals surface area (Å²) in [5.41, 5.74) is 1.36. The first-order chi connectivity index (χ1) is 17.4. The number of nitrogens with one attached hydrogen (secondary N) is 1. The van der Waals surface area contributed by atoms with Crippen molar-refractivity contribution in [1.82, 2.24) is 10.2 Å². The van der Waals surface area contributed by atoms with E-state index in [0.717, 1.165) is 31.0 Å².